The molecule has 7 heteroatoms. The lowest BCUT2D eigenvalue weighted by atomic mass is 10.1. The third kappa shape index (κ3) is 6.95. The number of anilines is 1. The maximum Gasteiger partial charge on any atom is 0.318 e. The topological polar surface area (TPSA) is 113 Å². The monoisotopic (exact) mass is 292 g/mol. The van der Waals surface area contributed by atoms with Crippen molar-refractivity contribution < 1.29 is 14.4 Å². The molecule has 0 unspecified atom stereocenters. The third-order valence-corrected chi connectivity index (χ3v) is 2.48. The summed E-state index contributed by atoms with van der Waals surface area (Å²) in [5, 5.41) is 7.61. The third-order valence-electron chi connectivity index (χ3n) is 2.48. The molecule has 5 N–H and O–H groups in total. The lowest BCUT2D eigenvalue weighted by molar-refractivity contribution is -0.121. The van der Waals surface area contributed by atoms with Gasteiger partial charge in [0, 0.05) is 11.7 Å². The van der Waals surface area contributed by atoms with Crippen LogP contribution in [0.2, 0.25) is 0 Å². The first-order chi connectivity index (χ1) is 9.86. The molecule has 7 nitrogen and oxygen atoms in total. The molecule has 0 saturated carbocycles. The maximum absolute atomic E-state index is 11.6. The van der Waals surface area contributed by atoms with E-state index in [4.69, 9.17) is 5.73 Å². The van der Waals surface area contributed by atoms with Crippen LogP contribution < -0.4 is 21.7 Å². The summed E-state index contributed by atoms with van der Waals surface area (Å²) in [5.41, 5.74) is 6.41. The molecular weight excluding hydrogens is 272 g/mol. The van der Waals surface area contributed by atoms with Crippen LogP contribution in [-0.2, 0) is 16.0 Å². The Labute approximate surface area is 123 Å². The Kier molecular flexibility index (Phi) is 6.19. The maximum atomic E-state index is 11.6. The number of amides is 4. The number of benzene rings is 1. The normalized spacial score (nSPS) is 10.0. The fraction of sp³-hybridized carbons (Fsp3) is 0.357. The highest BCUT2D eigenvalue weighted by Gasteiger charge is 2.06. The summed E-state index contributed by atoms with van der Waals surface area (Å²) in [6.45, 7) is 3.75. The first kappa shape index (κ1) is 16.5. The molecule has 0 spiro atoms. The smallest absolute Gasteiger partial charge is 0.318 e. The summed E-state index contributed by atoms with van der Waals surface area (Å²) in [4.78, 5) is 33.3. The number of nitrogens with one attached hydrogen (secondary N) is 3. The van der Waals surface area contributed by atoms with Crippen LogP contribution in [0, 0.1) is 0 Å². The second-order valence-corrected chi connectivity index (χ2v) is 4.86. The largest absolute Gasteiger partial charge is 0.376 e. The van der Waals surface area contributed by atoms with Gasteiger partial charge in [-0.1, -0.05) is 12.1 Å². The Morgan fingerprint density at radius 2 is 1.71 bits per heavy atom. The Hall–Kier alpha value is -2.57. The van der Waals surface area contributed by atoms with Crippen LogP contribution in [0.25, 0.3) is 0 Å². The summed E-state index contributed by atoms with van der Waals surface area (Å²) >= 11 is 0. The van der Waals surface area contributed by atoms with E-state index in [1.807, 2.05) is 19.2 Å². The van der Waals surface area contributed by atoms with Crippen molar-refractivity contribution in [2.75, 3.05) is 11.9 Å². The molecule has 0 aliphatic heterocycles. The second kappa shape index (κ2) is 7.88. The molecule has 0 saturated heterocycles. The fourth-order valence-electron chi connectivity index (χ4n) is 1.66. The van der Waals surface area contributed by atoms with E-state index in [1.54, 1.807) is 24.3 Å². The number of primary amides is 1. The van der Waals surface area contributed by atoms with Crippen LogP contribution in [0.3, 0.4) is 0 Å². The first-order valence-corrected chi connectivity index (χ1v) is 6.58. The average Bonchev–Trinajstić information content (AvgIpc) is 2.36. The van der Waals surface area contributed by atoms with Crippen molar-refractivity contribution in [2.45, 2.75) is 26.3 Å². The molecule has 1 rings (SSSR count). The molecule has 114 valence electrons. The van der Waals surface area contributed by atoms with E-state index < -0.39 is 11.9 Å². The van der Waals surface area contributed by atoms with Crippen LogP contribution in [0.1, 0.15) is 19.4 Å². The van der Waals surface area contributed by atoms with Gasteiger partial charge >= 0.3 is 6.03 Å². The van der Waals surface area contributed by atoms with Crippen LogP contribution in [0.15, 0.2) is 24.3 Å². The van der Waals surface area contributed by atoms with Crippen molar-refractivity contribution in [3.63, 3.8) is 0 Å². The quantitative estimate of drug-likeness (QED) is 0.606. The standard InChI is InChI=1S/C14H20N4O3/c1-9(2)17-12(19)7-10-3-5-11(6-4-10)16-8-13(20)18-14(15)21/h3-6,9,16H,7-8H2,1-2H3,(H,17,19)(H3,15,18,20,21). The summed E-state index contributed by atoms with van der Waals surface area (Å²) in [7, 11) is 0. The highest BCUT2D eigenvalue weighted by molar-refractivity contribution is 5.95. The highest BCUT2D eigenvalue weighted by atomic mass is 16.2. The van der Waals surface area contributed by atoms with Crippen molar-refractivity contribution in [3.05, 3.63) is 29.8 Å². The van der Waals surface area contributed by atoms with E-state index >= 15 is 0 Å². The van der Waals surface area contributed by atoms with Gasteiger partial charge in [-0.2, -0.15) is 0 Å². The van der Waals surface area contributed by atoms with Gasteiger partial charge in [-0.3, -0.25) is 14.9 Å². The molecular formula is C14H20N4O3. The van der Waals surface area contributed by atoms with Gasteiger partial charge < -0.3 is 16.4 Å². The molecule has 0 atom stereocenters. The molecule has 0 radical (unpaired) electrons. The van der Waals surface area contributed by atoms with Gasteiger partial charge in [-0.25, -0.2) is 4.79 Å². The van der Waals surface area contributed by atoms with Crippen molar-refractivity contribution in [1.82, 2.24) is 10.6 Å². The molecule has 4 amide bonds. The molecule has 21 heavy (non-hydrogen) atoms. The van der Waals surface area contributed by atoms with E-state index in [0.29, 0.717) is 12.1 Å². The predicted molar refractivity (Wildman–Crippen MR) is 79.6 cm³/mol. The molecule has 1 aromatic carbocycles. The summed E-state index contributed by atoms with van der Waals surface area (Å²) in [6.07, 6.45) is 0.306. The van der Waals surface area contributed by atoms with Crippen LogP contribution in [0.5, 0.6) is 0 Å². The number of hydrogen-bond acceptors (Lipinski definition) is 4. The van der Waals surface area contributed by atoms with Gasteiger partial charge in [0.25, 0.3) is 0 Å². The molecule has 1 aromatic rings. The SMILES string of the molecule is CC(C)NC(=O)Cc1ccc(NCC(=O)NC(N)=O)cc1. The van der Waals surface area contributed by atoms with E-state index in [1.165, 1.54) is 0 Å². The first-order valence-electron chi connectivity index (χ1n) is 6.58. The summed E-state index contributed by atoms with van der Waals surface area (Å²) in [5.74, 6) is -0.547. The molecule has 0 aliphatic carbocycles. The lowest BCUT2D eigenvalue weighted by Crippen LogP contribution is -2.38. The van der Waals surface area contributed by atoms with E-state index in [9.17, 15) is 14.4 Å². The number of nitrogens with two attached hydrogens (primary N) is 1. The van der Waals surface area contributed by atoms with Crippen LogP contribution in [-0.4, -0.2) is 30.4 Å². The number of hydrogen-bond donors (Lipinski definition) is 4. The predicted octanol–water partition coefficient (Wildman–Crippen LogP) is 0.361. The minimum absolute atomic E-state index is 0.0356. The Bertz CT molecular complexity index is 511. The van der Waals surface area contributed by atoms with E-state index in [-0.39, 0.29) is 18.5 Å². The van der Waals surface area contributed by atoms with Gasteiger partial charge in [0.1, 0.15) is 0 Å². The Morgan fingerprint density at radius 1 is 1.10 bits per heavy atom. The number of carbonyl (C=O) groups excluding carboxylic acids is 3. The second-order valence-electron chi connectivity index (χ2n) is 4.86. The average molecular weight is 292 g/mol. The van der Waals surface area contributed by atoms with Gasteiger partial charge in [0.05, 0.1) is 13.0 Å². The van der Waals surface area contributed by atoms with E-state index in [2.05, 4.69) is 10.6 Å². The highest BCUT2D eigenvalue weighted by Crippen LogP contribution is 2.09. The zero-order valence-corrected chi connectivity index (χ0v) is 12.1. The number of carbonyl (C=O) groups is 3. The van der Waals surface area contributed by atoms with Gasteiger partial charge in [0.2, 0.25) is 11.8 Å². The zero-order chi connectivity index (χ0) is 15.8. The van der Waals surface area contributed by atoms with Crippen molar-refractivity contribution in [1.29, 1.82) is 0 Å². The van der Waals surface area contributed by atoms with Crippen LogP contribution >= 0.6 is 0 Å². The van der Waals surface area contributed by atoms with Crippen molar-refractivity contribution in [3.8, 4) is 0 Å². The van der Waals surface area contributed by atoms with Crippen LogP contribution in [0.4, 0.5) is 10.5 Å². The van der Waals surface area contributed by atoms with Crippen molar-refractivity contribution in [2.24, 2.45) is 5.73 Å². The molecule has 0 aliphatic rings. The number of urea groups is 1. The van der Waals surface area contributed by atoms with Gasteiger partial charge in [-0.05, 0) is 31.5 Å². The molecule has 0 aromatic heterocycles. The minimum atomic E-state index is -0.881. The lowest BCUT2D eigenvalue weighted by Gasteiger charge is -2.09. The Morgan fingerprint density at radius 3 is 2.24 bits per heavy atom. The van der Waals surface area contributed by atoms with E-state index in [0.717, 1.165) is 5.56 Å². The molecule has 0 bridgehead atoms. The minimum Gasteiger partial charge on any atom is -0.376 e. The zero-order valence-electron chi connectivity index (χ0n) is 12.1. The number of rotatable bonds is 6. The molecule has 0 fully saturated rings. The van der Waals surface area contributed by atoms with Gasteiger partial charge in [0.15, 0.2) is 0 Å². The van der Waals surface area contributed by atoms with Gasteiger partial charge in [-0.15, -0.1) is 0 Å². The van der Waals surface area contributed by atoms with Crippen molar-refractivity contribution >= 4 is 23.5 Å². The summed E-state index contributed by atoms with van der Waals surface area (Å²) < 4.78 is 0. The Balaban J connectivity index is 2.45. The fourth-order valence-corrected chi connectivity index (χ4v) is 1.66. The molecule has 0 heterocycles. The summed E-state index contributed by atoms with van der Waals surface area (Å²) in [6, 6.07) is 6.35. The number of imide groups is 1.